The van der Waals surface area contributed by atoms with Gasteiger partial charge in [0.05, 0.1) is 11.2 Å². The summed E-state index contributed by atoms with van der Waals surface area (Å²) in [5.74, 6) is 0. The number of aromatic amines is 1. The fraction of sp³-hybridized carbons (Fsp3) is 0.200. The molecule has 174 valence electrons. The van der Waals surface area contributed by atoms with Crippen molar-refractivity contribution in [3.63, 3.8) is 0 Å². The molecule has 0 saturated heterocycles. The van der Waals surface area contributed by atoms with Crippen molar-refractivity contribution in [2.75, 3.05) is 0 Å². The maximum Gasteiger partial charge on any atom is 0.309 e. The molecule has 35 heavy (non-hydrogen) atoms. The van der Waals surface area contributed by atoms with Gasteiger partial charge in [0.2, 0.25) is 0 Å². The second-order valence-electron chi connectivity index (χ2n) is 10.4. The van der Waals surface area contributed by atoms with E-state index in [2.05, 4.69) is 65.6 Å². The smallest absolute Gasteiger partial charge is 0.309 e. The van der Waals surface area contributed by atoms with Crippen LogP contribution in [0.25, 0.3) is 54.9 Å². The van der Waals surface area contributed by atoms with Gasteiger partial charge in [-0.3, -0.25) is 0 Å². The Kier molecular flexibility index (Phi) is 4.86. The van der Waals surface area contributed by atoms with E-state index in [1.54, 1.807) is 13.8 Å². The summed E-state index contributed by atoms with van der Waals surface area (Å²) in [6, 6.07) is 27.4. The molecule has 6 rings (SSSR count). The van der Waals surface area contributed by atoms with E-state index in [9.17, 15) is 5.11 Å². The lowest BCUT2D eigenvalue weighted by atomic mass is 9.81. The third kappa shape index (κ3) is 3.63. The molecular weight excluding hydrogens is 433 g/mol. The summed E-state index contributed by atoms with van der Waals surface area (Å²) in [7, 11) is 0.367. The van der Waals surface area contributed by atoms with Gasteiger partial charge in [-0.25, -0.2) is 0 Å². The molecular formula is C30H28BNO3. The number of para-hydroxylation sites is 2. The topological polar surface area (TPSA) is 58.4 Å². The number of furan rings is 1. The lowest BCUT2D eigenvalue weighted by Gasteiger charge is -2.37. The van der Waals surface area contributed by atoms with E-state index in [-0.39, 0.29) is 0 Å². The third-order valence-corrected chi connectivity index (χ3v) is 7.43. The van der Waals surface area contributed by atoms with Gasteiger partial charge in [0.25, 0.3) is 0 Å². The van der Waals surface area contributed by atoms with Crippen molar-refractivity contribution in [3.8, 4) is 11.1 Å². The fourth-order valence-corrected chi connectivity index (χ4v) is 4.68. The molecule has 0 aliphatic rings. The average Bonchev–Trinajstić information content (AvgIpc) is 3.39. The van der Waals surface area contributed by atoms with Gasteiger partial charge in [-0.1, -0.05) is 48.5 Å². The Labute approximate surface area is 204 Å². The number of rotatable bonds is 5. The summed E-state index contributed by atoms with van der Waals surface area (Å²) in [6.45, 7) is 7.38. The number of aliphatic hydroxyl groups is 1. The molecule has 0 unspecified atom stereocenters. The van der Waals surface area contributed by atoms with Crippen LogP contribution in [0, 0.1) is 0 Å². The van der Waals surface area contributed by atoms with E-state index in [4.69, 9.17) is 9.07 Å². The molecule has 0 aliphatic carbocycles. The molecule has 0 fully saturated rings. The average molecular weight is 461 g/mol. The van der Waals surface area contributed by atoms with Crippen LogP contribution in [-0.2, 0) is 4.65 Å². The van der Waals surface area contributed by atoms with Crippen LogP contribution in [0.1, 0.15) is 27.7 Å². The first-order valence-electron chi connectivity index (χ1n) is 12.0. The van der Waals surface area contributed by atoms with E-state index in [0.29, 0.717) is 7.48 Å². The molecule has 6 aromatic rings. The number of H-pyrrole nitrogens is 1. The molecule has 0 bridgehead atoms. The number of aromatic nitrogens is 1. The normalized spacial score (nSPS) is 12.8. The minimum Gasteiger partial charge on any atom is -0.456 e. The van der Waals surface area contributed by atoms with Crippen LogP contribution in [0.2, 0.25) is 0 Å². The molecule has 2 N–H and O–H groups in total. The summed E-state index contributed by atoms with van der Waals surface area (Å²) in [5, 5.41) is 15.2. The molecule has 4 nitrogen and oxygen atoms in total. The highest BCUT2D eigenvalue weighted by molar-refractivity contribution is 6.48. The number of hydrogen-bond donors (Lipinski definition) is 2. The molecule has 0 saturated carbocycles. The minimum atomic E-state index is -0.973. The number of benzene rings is 4. The van der Waals surface area contributed by atoms with Crippen molar-refractivity contribution in [1.82, 2.24) is 4.98 Å². The van der Waals surface area contributed by atoms with Crippen LogP contribution in [0.4, 0.5) is 0 Å². The zero-order chi connectivity index (χ0) is 24.4. The van der Waals surface area contributed by atoms with Crippen LogP contribution in [0.5, 0.6) is 0 Å². The maximum absolute atomic E-state index is 10.5. The fourth-order valence-electron chi connectivity index (χ4n) is 4.68. The van der Waals surface area contributed by atoms with Gasteiger partial charge in [0.15, 0.2) is 0 Å². The first-order chi connectivity index (χ1) is 16.7. The van der Waals surface area contributed by atoms with Crippen LogP contribution in [0.15, 0.2) is 83.3 Å². The standard InChI is InChI=1S/C30H28BNO3/c1-29(2,33)30(3,4)35-31-19-16-22(28-21-10-6-8-12-26(21)34-27(28)17-19)18-13-14-25-23(15-18)20-9-5-7-11-24(20)32-25/h5-17,31-33H,1-4H3. The van der Waals surface area contributed by atoms with Crippen molar-refractivity contribution in [2.24, 2.45) is 0 Å². The Bertz CT molecular complexity index is 1720. The molecule has 0 spiro atoms. The third-order valence-electron chi connectivity index (χ3n) is 7.43. The Hall–Kier alpha value is -3.54. The van der Waals surface area contributed by atoms with Gasteiger partial charge < -0.3 is 19.2 Å². The van der Waals surface area contributed by atoms with E-state index < -0.39 is 11.2 Å². The monoisotopic (exact) mass is 461 g/mol. The Morgan fingerprint density at radius 3 is 2.29 bits per heavy atom. The number of nitrogens with one attached hydrogen (secondary N) is 1. The van der Waals surface area contributed by atoms with Crippen LogP contribution in [-0.4, -0.2) is 28.8 Å². The van der Waals surface area contributed by atoms with Crippen LogP contribution < -0.4 is 5.46 Å². The second kappa shape index (κ2) is 7.74. The highest BCUT2D eigenvalue weighted by Crippen LogP contribution is 2.38. The zero-order valence-electron chi connectivity index (χ0n) is 20.5. The van der Waals surface area contributed by atoms with Gasteiger partial charge in [-0.05, 0) is 74.6 Å². The molecule has 0 aliphatic heterocycles. The lowest BCUT2D eigenvalue weighted by Crippen LogP contribution is -2.49. The molecule has 5 heteroatoms. The Balaban J connectivity index is 1.55. The van der Waals surface area contributed by atoms with Crippen molar-refractivity contribution in [2.45, 2.75) is 38.9 Å². The Morgan fingerprint density at radius 2 is 1.49 bits per heavy atom. The van der Waals surface area contributed by atoms with Gasteiger partial charge in [0, 0.05) is 32.6 Å². The number of hydrogen-bond acceptors (Lipinski definition) is 3. The quantitative estimate of drug-likeness (QED) is 0.291. The molecule has 2 heterocycles. The summed E-state index contributed by atoms with van der Waals surface area (Å²) < 4.78 is 12.5. The van der Waals surface area contributed by atoms with Crippen molar-refractivity contribution < 1.29 is 14.2 Å². The maximum atomic E-state index is 10.5. The summed E-state index contributed by atoms with van der Waals surface area (Å²) in [4.78, 5) is 3.52. The van der Waals surface area contributed by atoms with Gasteiger partial charge in [-0.2, -0.15) is 0 Å². The van der Waals surface area contributed by atoms with Crippen LogP contribution in [0.3, 0.4) is 0 Å². The second-order valence-corrected chi connectivity index (χ2v) is 10.4. The molecule has 2 aromatic heterocycles. The van der Waals surface area contributed by atoms with E-state index in [0.717, 1.165) is 49.6 Å². The lowest BCUT2D eigenvalue weighted by molar-refractivity contribution is -0.0893. The molecule has 4 aromatic carbocycles. The van der Waals surface area contributed by atoms with E-state index in [1.165, 1.54) is 10.8 Å². The SMILES string of the molecule is CC(C)(O)C(C)(C)OBc1cc(-c2ccc3[nH]c4ccccc4c3c2)c2c(c1)oc1ccccc12. The molecule has 0 amide bonds. The van der Waals surface area contributed by atoms with Gasteiger partial charge >= 0.3 is 7.48 Å². The summed E-state index contributed by atoms with van der Waals surface area (Å²) in [6.07, 6.45) is 0. The van der Waals surface area contributed by atoms with Gasteiger partial charge in [0.1, 0.15) is 11.2 Å². The summed E-state index contributed by atoms with van der Waals surface area (Å²) in [5.41, 5.74) is 5.52. The first kappa shape index (κ1) is 22.0. The predicted octanol–water partition coefficient (Wildman–Crippen LogP) is 6.43. The largest absolute Gasteiger partial charge is 0.456 e. The first-order valence-corrected chi connectivity index (χ1v) is 12.0. The van der Waals surface area contributed by atoms with E-state index in [1.807, 2.05) is 32.0 Å². The summed E-state index contributed by atoms with van der Waals surface area (Å²) >= 11 is 0. The van der Waals surface area contributed by atoms with Crippen molar-refractivity contribution >= 4 is 56.7 Å². The highest BCUT2D eigenvalue weighted by atomic mass is 16.5. The number of fused-ring (bicyclic) bond motifs is 6. The predicted molar refractivity (Wildman–Crippen MR) is 147 cm³/mol. The zero-order valence-corrected chi connectivity index (χ0v) is 20.5. The highest BCUT2D eigenvalue weighted by Gasteiger charge is 2.35. The van der Waals surface area contributed by atoms with Crippen LogP contribution >= 0.6 is 0 Å². The minimum absolute atomic E-state index is 0.367. The molecule has 0 atom stereocenters. The van der Waals surface area contributed by atoms with Crippen molar-refractivity contribution in [3.05, 3.63) is 78.9 Å². The van der Waals surface area contributed by atoms with Gasteiger partial charge in [-0.15, -0.1) is 0 Å². The Morgan fingerprint density at radius 1 is 0.771 bits per heavy atom. The molecule has 0 radical (unpaired) electrons. The van der Waals surface area contributed by atoms with Crippen molar-refractivity contribution in [1.29, 1.82) is 0 Å². The van der Waals surface area contributed by atoms with E-state index >= 15 is 0 Å².